The molecule has 3 atom stereocenters. The first-order valence-corrected chi connectivity index (χ1v) is 11.7. The predicted octanol–water partition coefficient (Wildman–Crippen LogP) is 3.37. The van der Waals surface area contributed by atoms with E-state index >= 15 is 0 Å². The van der Waals surface area contributed by atoms with Crippen molar-refractivity contribution in [2.75, 3.05) is 34.6 Å². The Morgan fingerprint density at radius 2 is 2.03 bits per heavy atom. The van der Waals surface area contributed by atoms with Crippen LogP contribution in [-0.4, -0.2) is 56.4 Å². The summed E-state index contributed by atoms with van der Waals surface area (Å²) in [5.74, 6) is 1.21. The maximum Gasteiger partial charge on any atom is 0.530 e. The van der Waals surface area contributed by atoms with E-state index in [-0.39, 0.29) is 17.9 Å². The summed E-state index contributed by atoms with van der Waals surface area (Å²) in [5.41, 5.74) is 0.961. The first kappa shape index (κ1) is 23.6. The normalized spacial score (nSPS) is 25.2. The summed E-state index contributed by atoms with van der Waals surface area (Å²) in [6, 6.07) is 6.03. The fourth-order valence-electron chi connectivity index (χ4n) is 4.39. The highest BCUT2D eigenvalue weighted by Gasteiger charge is 2.49. The highest BCUT2D eigenvalue weighted by atomic mass is 31.2. The van der Waals surface area contributed by atoms with Crippen molar-refractivity contribution >= 4 is 13.8 Å². The molecule has 1 fully saturated rings. The molecule has 1 heterocycles. The first-order valence-electron chi connectivity index (χ1n) is 10.2. The molecule has 1 aromatic rings. The Labute approximate surface area is 182 Å². The number of nitrogens with zero attached hydrogens (tertiary/aromatic N) is 1. The zero-order chi connectivity index (χ0) is 22.6. The van der Waals surface area contributed by atoms with Gasteiger partial charge in [-0.1, -0.05) is 13.0 Å². The summed E-state index contributed by atoms with van der Waals surface area (Å²) in [6.45, 7) is 1.87. The summed E-state index contributed by atoms with van der Waals surface area (Å²) in [7, 11) is 0.852. The number of carbonyl (C=O) groups is 1. The number of allylic oxidation sites excluding steroid dienone is 1. The van der Waals surface area contributed by atoms with Gasteiger partial charge in [0, 0.05) is 24.3 Å². The topological polar surface area (TPSA) is 104 Å². The molecule has 1 aromatic carbocycles. The SMILES string of the molecule is CCC(=O)OCOP(=O)(O)OC1=CCC2(c3ccc(OC)c(OC)c3)CCN(C)C2C1. The van der Waals surface area contributed by atoms with Crippen LogP contribution in [0.3, 0.4) is 0 Å². The van der Waals surface area contributed by atoms with E-state index in [0.29, 0.717) is 30.1 Å². The van der Waals surface area contributed by atoms with E-state index in [9.17, 15) is 14.3 Å². The zero-order valence-electron chi connectivity index (χ0n) is 18.3. The number of rotatable bonds is 9. The lowest BCUT2D eigenvalue weighted by atomic mass is 9.68. The number of hydrogen-bond acceptors (Lipinski definition) is 8. The number of phosphoric acid groups is 1. The van der Waals surface area contributed by atoms with Crippen LogP contribution in [0, 0.1) is 0 Å². The summed E-state index contributed by atoms with van der Waals surface area (Å²) in [6.07, 6.45) is 4.02. The lowest BCUT2D eigenvalue weighted by molar-refractivity contribution is -0.150. The van der Waals surface area contributed by atoms with Gasteiger partial charge in [0.1, 0.15) is 5.76 Å². The number of fused-ring (bicyclic) bond motifs is 1. The van der Waals surface area contributed by atoms with Crippen molar-refractivity contribution in [3.05, 3.63) is 35.6 Å². The number of phosphoric ester groups is 1. The molecule has 1 N–H and O–H groups in total. The predicted molar refractivity (Wildman–Crippen MR) is 113 cm³/mol. The van der Waals surface area contributed by atoms with Crippen molar-refractivity contribution in [2.45, 2.75) is 44.1 Å². The van der Waals surface area contributed by atoms with Crippen molar-refractivity contribution in [1.29, 1.82) is 0 Å². The van der Waals surface area contributed by atoms with E-state index in [1.54, 1.807) is 21.1 Å². The summed E-state index contributed by atoms with van der Waals surface area (Å²) in [5, 5.41) is 0. The van der Waals surface area contributed by atoms with Crippen LogP contribution in [-0.2, 0) is 28.6 Å². The molecule has 10 heteroatoms. The highest BCUT2D eigenvalue weighted by molar-refractivity contribution is 7.47. The quantitative estimate of drug-likeness (QED) is 0.341. The van der Waals surface area contributed by atoms with Crippen molar-refractivity contribution in [3.8, 4) is 11.5 Å². The van der Waals surface area contributed by atoms with E-state index in [1.165, 1.54) is 0 Å². The highest BCUT2D eigenvalue weighted by Crippen LogP contribution is 2.53. The van der Waals surface area contributed by atoms with Gasteiger partial charge in [-0.05, 0) is 50.2 Å². The third kappa shape index (κ3) is 5.06. The average Bonchev–Trinajstić information content (AvgIpc) is 3.09. The van der Waals surface area contributed by atoms with Crippen LogP contribution in [0.15, 0.2) is 30.0 Å². The summed E-state index contributed by atoms with van der Waals surface area (Å²) in [4.78, 5) is 23.4. The first-order chi connectivity index (χ1) is 14.7. The Hall–Kier alpha value is -2.06. The smallest absolute Gasteiger partial charge is 0.493 e. The number of benzene rings is 1. The lowest BCUT2D eigenvalue weighted by Crippen LogP contribution is -2.43. The van der Waals surface area contributed by atoms with Crippen LogP contribution in [0.5, 0.6) is 11.5 Å². The van der Waals surface area contributed by atoms with Gasteiger partial charge < -0.3 is 23.6 Å². The number of esters is 1. The third-order valence-electron chi connectivity index (χ3n) is 6.08. The van der Waals surface area contributed by atoms with Crippen molar-refractivity contribution < 1.29 is 37.5 Å². The fraction of sp³-hybridized carbons (Fsp3) is 0.571. The number of hydrogen-bond donors (Lipinski definition) is 1. The second-order valence-corrected chi connectivity index (χ2v) is 9.11. The lowest BCUT2D eigenvalue weighted by Gasteiger charge is -2.41. The molecule has 9 nitrogen and oxygen atoms in total. The fourth-order valence-corrected chi connectivity index (χ4v) is 5.07. The van der Waals surface area contributed by atoms with E-state index < -0.39 is 20.6 Å². The Bertz CT molecular complexity index is 888. The summed E-state index contributed by atoms with van der Waals surface area (Å²) >= 11 is 0. The van der Waals surface area contributed by atoms with E-state index in [2.05, 4.69) is 11.0 Å². The summed E-state index contributed by atoms with van der Waals surface area (Å²) < 4.78 is 37.9. The molecule has 0 saturated carbocycles. The molecule has 172 valence electrons. The molecule has 3 unspecified atom stereocenters. The molecular formula is C21H30NO8P. The monoisotopic (exact) mass is 455 g/mol. The van der Waals surface area contributed by atoms with E-state index in [0.717, 1.165) is 18.5 Å². The molecule has 2 aliphatic rings. The minimum absolute atomic E-state index is 0.0727. The number of methoxy groups -OCH3 is 2. The molecule has 3 rings (SSSR count). The Morgan fingerprint density at radius 3 is 2.71 bits per heavy atom. The number of likely N-dealkylation sites (N-methyl/N-ethyl adjacent to an activating group) is 1. The van der Waals surface area contributed by atoms with Gasteiger partial charge in [-0.3, -0.25) is 9.69 Å². The van der Waals surface area contributed by atoms with Crippen molar-refractivity contribution in [2.24, 2.45) is 0 Å². The van der Waals surface area contributed by atoms with Crippen LogP contribution < -0.4 is 9.47 Å². The molecule has 0 bridgehead atoms. The van der Waals surface area contributed by atoms with Gasteiger partial charge in [0.2, 0.25) is 6.79 Å². The molecular weight excluding hydrogens is 425 g/mol. The van der Waals surface area contributed by atoms with Crippen molar-refractivity contribution in [1.82, 2.24) is 4.90 Å². The minimum Gasteiger partial charge on any atom is -0.493 e. The van der Waals surface area contributed by atoms with Gasteiger partial charge in [0.15, 0.2) is 11.5 Å². The van der Waals surface area contributed by atoms with Crippen LogP contribution in [0.25, 0.3) is 0 Å². The number of carbonyl (C=O) groups excluding carboxylic acids is 1. The Kier molecular flexibility index (Phi) is 7.31. The molecule has 1 saturated heterocycles. The maximum absolute atomic E-state index is 12.3. The van der Waals surface area contributed by atoms with Gasteiger partial charge >= 0.3 is 13.8 Å². The number of likely N-dealkylation sites (tertiary alicyclic amines) is 1. The van der Waals surface area contributed by atoms with Crippen LogP contribution in [0.2, 0.25) is 0 Å². The molecule has 0 aromatic heterocycles. The Morgan fingerprint density at radius 1 is 1.29 bits per heavy atom. The van der Waals surface area contributed by atoms with Crippen LogP contribution in [0.4, 0.5) is 0 Å². The second-order valence-electron chi connectivity index (χ2n) is 7.73. The van der Waals surface area contributed by atoms with Gasteiger partial charge in [-0.25, -0.2) is 9.09 Å². The van der Waals surface area contributed by atoms with Gasteiger partial charge in [-0.15, -0.1) is 0 Å². The van der Waals surface area contributed by atoms with Gasteiger partial charge in [0.05, 0.1) is 14.2 Å². The molecule has 0 amide bonds. The third-order valence-corrected chi connectivity index (χ3v) is 6.98. The largest absolute Gasteiger partial charge is 0.530 e. The van der Waals surface area contributed by atoms with Gasteiger partial charge in [0.25, 0.3) is 0 Å². The van der Waals surface area contributed by atoms with Crippen LogP contribution in [0.1, 0.15) is 38.2 Å². The van der Waals surface area contributed by atoms with Crippen LogP contribution >= 0.6 is 7.82 Å². The molecule has 0 radical (unpaired) electrons. The Balaban J connectivity index is 1.77. The van der Waals surface area contributed by atoms with Gasteiger partial charge in [-0.2, -0.15) is 0 Å². The molecule has 1 aliphatic carbocycles. The standard InChI is InChI=1S/C21H30NO8P/c1-5-20(23)28-14-29-31(24,25)30-16-8-9-21(10-11-22(2)19(21)13-16)15-6-7-17(26-3)18(12-15)27-4/h6-8,12,19H,5,9-11,13-14H2,1-4H3,(H,24,25). The van der Waals surface area contributed by atoms with Crippen molar-refractivity contribution in [3.63, 3.8) is 0 Å². The second kappa shape index (κ2) is 9.61. The van der Waals surface area contributed by atoms with E-state index in [1.807, 2.05) is 25.3 Å². The maximum atomic E-state index is 12.3. The number of ether oxygens (including phenoxy) is 3. The molecule has 1 aliphatic heterocycles. The average molecular weight is 455 g/mol. The van der Waals surface area contributed by atoms with E-state index in [4.69, 9.17) is 23.3 Å². The minimum atomic E-state index is -4.40. The molecule has 31 heavy (non-hydrogen) atoms. The zero-order valence-corrected chi connectivity index (χ0v) is 19.2. The molecule has 0 spiro atoms.